The van der Waals surface area contributed by atoms with E-state index in [2.05, 4.69) is 10.3 Å². The molecular weight excluding hydrogens is 296 g/mol. The van der Waals surface area contributed by atoms with Gasteiger partial charge in [-0.15, -0.1) is 0 Å². The van der Waals surface area contributed by atoms with Gasteiger partial charge in [-0.2, -0.15) is 0 Å². The van der Waals surface area contributed by atoms with Crippen LogP contribution in [0.15, 0.2) is 47.5 Å². The Morgan fingerprint density at radius 2 is 1.87 bits per heavy atom. The quantitative estimate of drug-likeness (QED) is 0.342. The highest BCUT2D eigenvalue weighted by Gasteiger charge is 2.18. The number of nitrogens with two attached hydrogens (primary N) is 2. The second-order valence-corrected chi connectivity index (χ2v) is 5.02. The number of hydrogen-bond acceptors (Lipinski definition) is 4. The number of amides is 1. The summed E-state index contributed by atoms with van der Waals surface area (Å²) in [6.45, 7) is 0. The third-order valence-electron chi connectivity index (χ3n) is 3.27. The third kappa shape index (κ3) is 3.29. The predicted octanol–water partition coefficient (Wildman–Crippen LogP) is 1.31. The van der Waals surface area contributed by atoms with Crippen LogP contribution in [-0.4, -0.2) is 17.8 Å². The van der Waals surface area contributed by atoms with Crippen molar-refractivity contribution in [1.82, 2.24) is 0 Å². The van der Waals surface area contributed by atoms with Crippen LogP contribution in [0.4, 0.5) is 11.4 Å². The van der Waals surface area contributed by atoms with Crippen LogP contribution in [0, 0.1) is 0 Å². The Labute approximate surface area is 132 Å². The van der Waals surface area contributed by atoms with Crippen molar-refractivity contribution in [2.75, 3.05) is 5.32 Å². The van der Waals surface area contributed by atoms with Crippen LogP contribution >= 0.6 is 0 Å². The molecule has 23 heavy (non-hydrogen) atoms. The topological polar surface area (TPSA) is 120 Å². The van der Waals surface area contributed by atoms with E-state index in [1.807, 2.05) is 0 Å². The Balaban J connectivity index is 1.73. The minimum Gasteiger partial charge on any atom is -0.423 e. The fourth-order valence-corrected chi connectivity index (χ4v) is 2.26. The number of nitrogens with one attached hydrogen (secondary N) is 1. The van der Waals surface area contributed by atoms with Crippen molar-refractivity contribution in [2.24, 2.45) is 16.5 Å². The molecule has 0 saturated carbocycles. The van der Waals surface area contributed by atoms with Crippen LogP contribution in [0.3, 0.4) is 0 Å². The Bertz CT molecular complexity index is 809. The molecule has 2 aromatic rings. The summed E-state index contributed by atoms with van der Waals surface area (Å²) >= 11 is 0. The predicted molar refractivity (Wildman–Crippen MR) is 85.6 cm³/mol. The number of benzene rings is 2. The molecule has 7 nitrogen and oxygen atoms in total. The molecule has 0 aromatic heterocycles. The Morgan fingerprint density at radius 3 is 2.57 bits per heavy atom. The Hall–Kier alpha value is -3.35. The highest BCUT2D eigenvalue weighted by Crippen LogP contribution is 2.27. The molecule has 0 unspecified atom stereocenters. The van der Waals surface area contributed by atoms with E-state index >= 15 is 0 Å². The van der Waals surface area contributed by atoms with Crippen LogP contribution in [0.5, 0.6) is 5.75 Å². The molecule has 5 N–H and O–H groups in total. The molecule has 1 aliphatic rings. The molecule has 0 spiro atoms. The molecule has 7 heteroatoms. The molecular formula is C16H14N4O3. The standard InChI is InChI=1S/C16H14N4O3/c17-16(18)19-11-3-1-9(2-4-11)15(22)23-12-5-6-13-10(7-12)8-14(21)20-13/h1-7H,8H2,(H,20,21)(H4,17,18,19). The summed E-state index contributed by atoms with van der Waals surface area (Å²) in [4.78, 5) is 27.3. The molecule has 0 bridgehead atoms. The molecule has 0 aliphatic carbocycles. The van der Waals surface area contributed by atoms with E-state index in [0.29, 0.717) is 17.0 Å². The van der Waals surface area contributed by atoms with Crippen molar-refractivity contribution in [1.29, 1.82) is 0 Å². The smallest absolute Gasteiger partial charge is 0.343 e. The summed E-state index contributed by atoms with van der Waals surface area (Å²) < 4.78 is 5.32. The Kier molecular flexibility index (Phi) is 3.68. The SMILES string of the molecule is NC(N)=Nc1ccc(C(=O)Oc2ccc3c(c2)CC(=O)N3)cc1. The molecule has 0 saturated heterocycles. The summed E-state index contributed by atoms with van der Waals surface area (Å²) in [5.41, 5.74) is 13.0. The summed E-state index contributed by atoms with van der Waals surface area (Å²) in [7, 11) is 0. The summed E-state index contributed by atoms with van der Waals surface area (Å²) in [5.74, 6) is -0.238. The molecule has 116 valence electrons. The van der Waals surface area contributed by atoms with Gasteiger partial charge in [0, 0.05) is 5.69 Å². The molecule has 1 aliphatic heterocycles. The number of nitrogens with zero attached hydrogens (tertiary/aromatic N) is 1. The molecule has 0 radical (unpaired) electrons. The van der Waals surface area contributed by atoms with E-state index in [0.717, 1.165) is 11.3 Å². The van der Waals surface area contributed by atoms with Crippen LogP contribution < -0.4 is 21.5 Å². The number of guanidine groups is 1. The summed E-state index contributed by atoms with van der Waals surface area (Å²) in [6.07, 6.45) is 0.286. The van der Waals surface area contributed by atoms with Crippen molar-refractivity contribution in [3.8, 4) is 5.75 Å². The zero-order valence-corrected chi connectivity index (χ0v) is 12.1. The average molecular weight is 310 g/mol. The number of aliphatic imine (C=N–C) groups is 1. The van der Waals surface area contributed by atoms with Gasteiger partial charge in [-0.25, -0.2) is 9.79 Å². The number of carbonyl (C=O) groups is 2. The van der Waals surface area contributed by atoms with Crippen molar-refractivity contribution in [3.63, 3.8) is 0 Å². The van der Waals surface area contributed by atoms with Gasteiger partial charge in [0.05, 0.1) is 17.7 Å². The van der Waals surface area contributed by atoms with Crippen LogP contribution in [0.2, 0.25) is 0 Å². The lowest BCUT2D eigenvalue weighted by atomic mass is 10.1. The second-order valence-electron chi connectivity index (χ2n) is 5.02. The number of hydrogen-bond donors (Lipinski definition) is 3. The molecule has 1 amide bonds. The monoisotopic (exact) mass is 310 g/mol. The number of anilines is 1. The van der Waals surface area contributed by atoms with Crippen LogP contribution in [0.1, 0.15) is 15.9 Å². The highest BCUT2D eigenvalue weighted by molar-refractivity contribution is 5.99. The molecule has 2 aromatic carbocycles. The van der Waals surface area contributed by atoms with Gasteiger partial charge < -0.3 is 21.5 Å². The third-order valence-corrected chi connectivity index (χ3v) is 3.27. The highest BCUT2D eigenvalue weighted by atomic mass is 16.5. The lowest BCUT2D eigenvalue weighted by molar-refractivity contribution is -0.115. The molecule has 0 atom stereocenters. The minimum atomic E-state index is -0.501. The normalized spacial score (nSPS) is 12.3. The zero-order valence-electron chi connectivity index (χ0n) is 12.1. The van der Waals surface area contributed by atoms with E-state index in [9.17, 15) is 9.59 Å². The van der Waals surface area contributed by atoms with Gasteiger partial charge in [-0.1, -0.05) is 0 Å². The van der Waals surface area contributed by atoms with E-state index in [1.165, 1.54) is 0 Å². The van der Waals surface area contributed by atoms with E-state index in [4.69, 9.17) is 16.2 Å². The van der Waals surface area contributed by atoms with Crippen LogP contribution in [0.25, 0.3) is 0 Å². The zero-order chi connectivity index (χ0) is 16.4. The number of ether oxygens (including phenoxy) is 1. The number of rotatable bonds is 3. The van der Waals surface area contributed by atoms with Gasteiger partial charge in [0.1, 0.15) is 5.75 Å². The van der Waals surface area contributed by atoms with Gasteiger partial charge in [0.15, 0.2) is 5.96 Å². The maximum absolute atomic E-state index is 12.1. The minimum absolute atomic E-state index is 0.0541. The number of esters is 1. The fourth-order valence-electron chi connectivity index (χ4n) is 2.26. The molecule has 1 heterocycles. The van der Waals surface area contributed by atoms with E-state index < -0.39 is 5.97 Å². The number of fused-ring (bicyclic) bond motifs is 1. The Morgan fingerprint density at radius 1 is 1.13 bits per heavy atom. The van der Waals surface area contributed by atoms with Gasteiger partial charge in [0.2, 0.25) is 5.91 Å². The van der Waals surface area contributed by atoms with Gasteiger partial charge >= 0.3 is 5.97 Å². The maximum Gasteiger partial charge on any atom is 0.343 e. The largest absolute Gasteiger partial charge is 0.423 e. The van der Waals surface area contributed by atoms with Gasteiger partial charge in [0.25, 0.3) is 0 Å². The van der Waals surface area contributed by atoms with E-state index in [1.54, 1.807) is 42.5 Å². The van der Waals surface area contributed by atoms with Crippen molar-refractivity contribution in [3.05, 3.63) is 53.6 Å². The van der Waals surface area contributed by atoms with Gasteiger partial charge in [-0.05, 0) is 48.0 Å². The fraction of sp³-hybridized carbons (Fsp3) is 0.0625. The van der Waals surface area contributed by atoms with Crippen molar-refractivity contribution in [2.45, 2.75) is 6.42 Å². The molecule has 3 rings (SSSR count). The average Bonchev–Trinajstić information content (AvgIpc) is 2.86. The first-order valence-electron chi connectivity index (χ1n) is 6.86. The van der Waals surface area contributed by atoms with Crippen molar-refractivity contribution < 1.29 is 14.3 Å². The second kappa shape index (κ2) is 5.80. The lowest BCUT2D eigenvalue weighted by Gasteiger charge is -2.06. The van der Waals surface area contributed by atoms with Gasteiger partial charge in [-0.3, -0.25) is 4.79 Å². The molecule has 0 fully saturated rings. The first kappa shape index (κ1) is 14.6. The van der Waals surface area contributed by atoms with E-state index in [-0.39, 0.29) is 18.3 Å². The summed E-state index contributed by atoms with van der Waals surface area (Å²) in [6, 6.07) is 11.4. The summed E-state index contributed by atoms with van der Waals surface area (Å²) in [5, 5.41) is 2.72. The maximum atomic E-state index is 12.1. The number of carbonyl (C=O) groups excluding carboxylic acids is 2. The van der Waals surface area contributed by atoms with Crippen LogP contribution in [-0.2, 0) is 11.2 Å². The van der Waals surface area contributed by atoms with Crippen molar-refractivity contribution >= 4 is 29.2 Å². The lowest BCUT2D eigenvalue weighted by Crippen LogP contribution is -2.21. The first-order chi connectivity index (χ1) is 11.0. The first-order valence-corrected chi connectivity index (χ1v) is 6.86.